The lowest BCUT2D eigenvalue weighted by Gasteiger charge is -2.30. The molecule has 0 spiro atoms. The van der Waals surface area contributed by atoms with E-state index in [9.17, 15) is 9.59 Å². The number of nitrogens with one attached hydrogen (secondary N) is 2. The second kappa shape index (κ2) is 7.96. The minimum absolute atomic E-state index is 0.113. The van der Waals surface area contributed by atoms with Crippen LogP contribution in [0.2, 0.25) is 0 Å². The van der Waals surface area contributed by atoms with E-state index >= 15 is 0 Å². The predicted molar refractivity (Wildman–Crippen MR) is 96.2 cm³/mol. The number of aromatic nitrogens is 2. The molecule has 2 rings (SSSR count). The second-order valence-electron chi connectivity index (χ2n) is 6.34. The Balaban J connectivity index is 2.02. The zero-order valence-corrected chi connectivity index (χ0v) is 15.2. The van der Waals surface area contributed by atoms with Gasteiger partial charge < -0.3 is 10.1 Å². The van der Waals surface area contributed by atoms with Crippen molar-refractivity contribution in [1.29, 1.82) is 0 Å². The molecule has 1 atom stereocenters. The third-order valence-corrected chi connectivity index (χ3v) is 4.68. The minimum Gasteiger partial charge on any atom is -0.496 e. The highest BCUT2D eigenvalue weighted by Gasteiger charge is 2.27. The molecule has 1 heterocycles. The third-order valence-electron chi connectivity index (χ3n) is 4.68. The summed E-state index contributed by atoms with van der Waals surface area (Å²) in [6, 6.07) is 9.44. The number of methoxy groups -OCH3 is 1. The maximum atomic E-state index is 12.2. The van der Waals surface area contributed by atoms with Gasteiger partial charge in [0.05, 0.1) is 7.11 Å². The van der Waals surface area contributed by atoms with Crippen LogP contribution >= 0.6 is 0 Å². The van der Waals surface area contributed by atoms with Gasteiger partial charge >= 0.3 is 0 Å². The Hall–Kier alpha value is -2.63. The van der Waals surface area contributed by atoms with Crippen LogP contribution in [0.5, 0.6) is 5.75 Å². The number of para-hydroxylation sites is 1. The number of ketones is 1. The molecule has 0 bridgehead atoms. The van der Waals surface area contributed by atoms with Gasteiger partial charge in [0.1, 0.15) is 17.1 Å². The summed E-state index contributed by atoms with van der Waals surface area (Å²) in [4.78, 5) is 23.5. The Kier molecular flexibility index (Phi) is 5.96. The average molecular weight is 343 g/mol. The highest BCUT2D eigenvalue weighted by Crippen LogP contribution is 2.36. The number of hydrogen-bond acceptors (Lipinski definition) is 4. The van der Waals surface area contributed by atoms with Gasteiger partial charge in [-0.05, 0) is 30.4 Å². The average Bonchev–Trinajstić information content (AvgIpc) is 3.12. The van der Waals surface area contributed by atoms with Crippen molar-refractivity contribution < 1.29 is 14.3 Å². The van der Waals surface area contributed by atoms with E-state index in [4.69, 9.17) is 4.74 Å². The molecule has 0 radical (unpaired) electrons. The van der Waals surface area contributed by atoms with Crippen LogP contribution < -0.4 is 10.1 Å². The van der Waals surface area contributed by atoms with Gasteiger partial charge in [-0.15, -0.1) is 0 Å². The van der Waals surface area contributed by atoms with E-state index < -0.39 is 0 Å². The molecule has 0 aliphatic rings. The van der Waals surface area contributed by atoms with E-state index in [2.05, 4.69) is 35.4 Å². The highest BCUT2D eigenvalue weighted by molar-refractivity contribution is 5.97. The van der Waals surface area contributed by atoms with Crippen molar-refractivity contribution in [1.82, 2.24) is 15.5 Å². The fraction of sp³-hybridized carbons (Fsp3) is 0.421. The van der Waals surface area contributed by atoms with Crippen LogP contribution in [0.1, 0.15) is 60.2 Å². The number of benzene rings is 1. The highest BCUT2D eigenvalue weighted by atomic mass is 16.5. The smallest absolute Gasteiger partial charge is 0.269 e. The molecule has 0 saturated carbocycles. The van der Waals surface area contributed by atoms with Crippen LogP contribution in [-0.4, -0.2) is 35.5 Å². The molecule has 1 unspecified atom stereocenters. The van der Waals surface area contributed by atoms with Gasteiger partial charge in [-0.3, -0.25) is 14.7 Å². The molecule has 25 heavy (non-hydrogen) atoms. The summed E-state index contributed by atoms with van der Waals surface area (Å²) >= 11 is 0. The summed E-state index contributed by atoms with van der Waals surface area (Å²) in [5.41, 5.74) is 1.58. The van der Waals surface area contributed by atoms with E-state index in [1.807, 2.05) is 18.2 Å². The van der Waals surface area contributed by atoms with Gasteiger partial charge in [-0.25, -0.2) is 0 Å². The summed E-state index contributed by atoms with van der Waals surface area (Å²) in [7, 11) is 1.67. The maximum absolute atomic E-state index is 12.2. The molecular weight excluding hydrogens is 318 g/mol. The molecule has 134 valence electrons. The largest absolute Gasteiger partial charge is 0.496 e. The number of H-pyrrole nitrogens is 1. The lowest BCUT2D eigenvalue weighted by molar-refractivity contribution is 0.0945. The summed E-state index contributed by atoms with van der Waals surface area (Å²) in [6.07, 6.45) is 1.69. The van der Waals surface area contributed by atoms with Crippen LogP contribution in [0.25, 0.3) is 0 Å². The van der Waals surface area contributed by atoms with Gasteiger partial charge in [0.2, 0.25) is 0 Å². The number of Topliss-reactive ketones (excluding diaryl/α,β-unsaturated/α-hetero) is 1. The minimum atomic E-state index is -0.265. The SMILES string of the molecule is CCC(C)(CCNC(=O)c1cc(C(C)=O)n[nH]1)c1ccccc1OC. The molecule has 1 aromatic carbocycles. The first-order chi connectivity index (χ1) is 11.9. The first kappa shape index (κ1) is 18.7. The van der Waals surface area contributed by atoms with Gasteiger partial charge in [0.25, 0.3) is 5.91 Å². The fourth-order valence-corrected chi connectivity index (χ4v) is 2.81. The van der Waals surface area contributed by atoms with Crippen LogP contribution in [-0.2, 0) is 5.41 Å². The fourth-order valence-electron chi connectivity index (χ4n) is 2.81. The molecule has 0 aliphatic carbocycles. The molecule has 2 N–H and O–H groups in total. The Bertz CT molecular complexity index is 754. The molecule has 1 aromatic heterocycles. The van der Waals surface area contributed by atoms with Crippen molar-refractivity contribution >= 4 is 11.7 Å². The van der Waals surface area contributed by atoms with Crippen molar-refractivity contribution in [2.45, 2.75) is 39.0 Å². The Labute approximate surface area is 148 Å². The van der Waals surface area contributed by atoms with Gasteiger partial charge in [0, 0.05) is 19.0 Å². The van der Waals surface area contributed by atoms with Crippen LogP contribution in [0.4, 0.5) is 0 Å². The van der Waals surface area contributed by atoms with E-state index in [0.717, 1.165) is 24.2 Å². The van der Waals surface area contributed by atoms with Crippen molar-refractivity contribution in [3.63, 3.8) is 0 Å². The molecule has 6 nitrogen and oxygen atoms in total. The number of ether oxygens (including phenoxy) is 1. The monoisotopic (exact) mass is 343 g/mol. The van der Waals surface area contributed by atoms with Crippen molar-refractivity contribution in [2.24, 2.45) is 0 Å². The topological polar surface area (TPSA) is 84.1 Å². The van der Waals surface area contributed by atoms with Gasteiger partial charge in [0.15, 0.2) is 5.78 Å². The normalized spacial score (nSPS) is 13.1. The number of nitrogens with zero attached hydrogens (tertiary/aromatic N) is 1. The molecule has 0 fully saturated rings. The predicted octanol–water partition coefficient (Wildman–Crippen LogP) is 3.11. The summed E-state index contributed by atoms with van der Waals surface area (Å²) < 4.78 is 5.48. The zero-order valence-electron chi connectivity index (χ0n) is 15.2. The lowest BCUT2D eigenvalue weighted by atomic mass is 9.77. The Morgan fingerprint density at radius 1 is 1.32 bits per heavy atom. The number of rotatable bonds is 8. The summed E-state index contributed by atoms with van der Waals surface area (Å²) in [5, 5.41) is 9.31. The first-order valence-corrected chi connectivity index (χ1v) is 8.39. The standard InChI is InChI=1S/C19H25N3O3/c1-5-19(3,14-8-6-7-9-17(14)25-4)10-11-20-18(24)16-12-15(13(2)23)21-22-16/h6-9,12H,5,10-11H2,1-4H3,(H,20,24)(H,21,22). The molecule has 2 aromatic rings. The number of aromatic amines is 1. The lowest BCUT2D eigenvalue weighted by Crippen LogP contribution is -2.31. The van der Waals surface area contributed by atoms with Crippen LogP contribution in [0.15, 0.2) is 30.3 Å². The number of carbonyl (C=O) groups is 2. The molecule has 0 aliphatic heterocycles. The quantitative estimate of drug-likeness (QED) is 0.721. The molecule has 6 heteroatoms. The van der Waals surface area contributed by atoms with Crippen molar-refractivity contribution in [2.75, 3.05) is 13.7 Å². The number of amides is 1. The van der Waals surface area contributed by atoms with Crippen molar-refractivity contribution in [3.8, 4) is 5.75 Å². The zero-order chi connectivity index (χ0) is 18.4. The maximum Gasteiger partial charge on any atom is 0.269 e. The van der Waals surface area contributed by atoms with Crippen LogP contribution in [0, 0.1) is 0 Å². The number of hydrogen-bond donors (Lipinski definition) is 2. The Morgan fingerprint density at radius 2 is 2.04 bits per heavy atom. The van der Waals surface area contributed by atoms with E-state index in [1.165, 1.54) is 13.0 Å². The molecule has 0 saturated heterocycles. The van der Waals surface area contributed by atoms with E-state index in [0.29, 0.717) is 12.2 Å². The van der Waals surface area contributed by atoms with Gasteiger partial charge in [-0.2, -0.15) is 5.10 Å². The summed E-state index contributed by atoms with van der Waals surface area (Å²) in [6.45, 7) is 6.22. The third kappa shape index (κ3) is 4.26. The van der Waals surface area contributed by atoms with E-state index in [1.54, 1.807) is 7.11 Å². The van der Waals surface area contributed by atoms with Gasteiger partial charge in [-0.1, -0.05) is 32.0 Å². The first-order valence-electron chi connectivity index (χ1n) is 8.39. The molecule has 1 amide bonds. The summed E-state index contributed by atoms with van der Waals surface area (Å²) in [5.74, 6) is 0.418. The molecular formula is C19H25N3O3. The van der Waals surface area contributed by atoms with Crippen LogP contribution in [0.3, 0.4) is 0 Å². The van der Waals surface area contributed by atoms with E-state index in [-0.39, 0.29) is 22.8 Å². The second-order valence-corrected chi connectivity index (χ2v) is 6.34. The number of carbonyl (C=O) groups excluding carboxylic acids is 2. The Morgan fingerprint density at radius 3 is 2.64 bits per heavy atom. The van der Waals surface area contributed by atoms with Crippen molar-refractivity contribution in [3.05, 3.63) is 47.3 Å².